The van der Waals surface area contributed by atoms with Crippen molar-refractivity contribution in [1.82, 2.24) is 0 Å². The van der Waals surface area contributed by atoms with Gasteiger partial charge in [0.1, 0.15) is 5.75 Å². The van der Waals surface area contributed by atoms with Crippen LogP contribution in [-0.2, 0) is 0 Å². The van der Waals surface area contributed by atoms with E-state index >= 15 is 0 Å². The highest BCUT2D eigenvalue weighted by atomic mass is 16.5. The van der Waals surface area contributed by atoms with Gasteiger partial charge in [-0.25, -0.2) is 0 Å². The second kappa shape index (κ2) is 7.71. The van der Waals surface area contributed by atoms with Crippen LogP contribution in [0.25, 0.3) is 0 Å². The molecule has 106 valence electrons. The molecular formula is C18H22O2. The van der Waals surface area contributed by atoms with Gasteiger partial charge in [0, 0.05) is 12.5 Å². The lowest BCUT2D eigenvalue weighted by atomic mass is 9.92. The van der Waals surface area contributed by atoms with Gasteiger partial charge in [0.15, 0.2) is 0 Å². The largest absolute Gasteiger partial charge is 0.494 e. The van der Waals surface area contributed by atoms with Crippen molar-refractivity contribution in [3.63, 3.8) is 0 Å². The molecule has 0 aliphatic rings. The summed E-state index contributed by atoms with van der Waals surface area (Å²) in [6, 6.07) is 18.1. The third-order valence-corrected chi connectivity index (χ3v) is 3.56. The van der Waals surface area contributed by atoms with E-state index in [4.69, 9.17) is 4.74 Å². The number of aliphatic hydroxyl groups excluding tert-OH is 1. The van der Waals surface area contributed by atoms with Crippen LogP contribution in [0.2, 0.25) is 0 Å². The summed E-state index contributed by atoms with van der Waals surface area (Å²) in [6.45, 7) is 2.97. The summed E-state index contributed by atoms with van der Waals surface area (Å²) >= 11 is 0. The van der Waals surface area contributed by atoms with Crippen molar-refractivity contribution in [2.75, 3.05) is 13.2 Å². The van der Waals surface area contributed by atoms with Crippen molar-refractivity contribution in [1.29, 1.82) is 0 Å². The molecule has 0 amide bonds. The standard InChI is InChI=1S/C18H22O2/c1-15-8-5-6-12-18(15)16(14-19)9-7-13-20-17-10-3-2-4-11-17/h2-6,8,10-12,16,19H,7,9,13-14H2,1H3. The molecule has 0 radical (unpaired) electrons. The van der Waals surface area contributed by atoms with Crippen LogP contribution in [0, 0.1) is 6.92 Å². The second-order valence-corrected chi connectivity index (χ2v) is 5.04. The van der Waals surface area contributed by atoms with Gasteiger partial charge in [0.2, 0.25) is 0 Å². The zero-order valence-electron chi connectivity index (χ0n) is 12.0. The quantitative estimate of drug-likeness (QED) is 0.772. The Bertz CT molecular complexity index is 508. The predicted octanol–water partition coefficient (Wildman–Crippen LogP) is 3.93. The van der Waals surface area contributed by atoms with Crippen LogP contribution in [0.4, 0.5) is 0 Å². The molecule has 0 saturated carbocycles. The fourth-order valence-corrected chi connectivity index (χ4v) is 2.43. The maximum Gasteiger partial charge on any atom is 0.119 e. The molecule has 20 heavy (non-hydrogen) atoms. The molecule has 0 aliphatic carbocycles. The molecule has 1 unspecified atom stereocenters. The number of aryl methyl sites for hydroxylation is 1. The van der Waals surface area contributed by atoms with E-state index in [9.17, 15) is 5.11 Å². The molecule has 0 aliphatic heterocycles. The third kappa shape index (κ3) is 4.10. The lowest BCUT2D eigenvalue weighted by Gasteiger charge is -2.17. The SMILES string of the molecule is Cc1ccccc1C(CO)CCCOc1ccccc1. The summed E-state index contributed by atoms with van der Waals surface area (Å²) in [5.74, 6) is 1.11. The minimum absolute atomic E-state index is 0.191. The normalized spacial score (nSPS) is 12.1. The van der Waals surface area contributed by atoms with Crippen molar-refractivity contribution in [2.24, 2.45) is 0 Å². The Hall–Kier alpha value is -1.80. The molecular weight excluding hydrogens is 248 g/mol. The van der Waals surface area contributed by atoms with E-state index in [1.54, 1.807) is 0 Å². The first-order chi connectivity index (χ1) is 9.81. The van der Waals surface area contributed by atoms with Crippen LogP contribution in [0.15, 0.2) is 54.6 Å². The topological polar surface area (TPSA) is 29.5 Å². The third-order valence-electron chi connectivity index (χ3n) is 3.56. The van der Waals surface area contributed by atoms with E-state index < -0.39 is 0 Å². The predicted molar refractivity (Wildman–Crippen MR) is 82.2 cm³/mol. The second-order valence-electron chi connectivity index (χ2n) is 5.04. The smallest absolute Gasteiger partial charge is 0.119 e. The van der Waals surface area contributed by atoms with E-state index in [2.05, 4.69) is 19.1 Å². The highest BCUT2D eigenvalue weighted by molar-refractivity contribution is 5.29. The van der Waals surface area contributed by atoms with Crippen LogP contribution >= 0.6 is 0 Å². The lowest BCUT2D eigenvalue weighted by Crippen LogP contribution is -2.08. The van der Waals surface area contributed by atoms with Gasteiger partial charge in [-0.1, -0.05) is 42.5 Å². The molecule has 2 nitrogen and oxygen atoms in total. The average Bonchev–Trinajstić information content (AvgIpc) is 2.50. The van der Waals surface area contributed by atoms with Crippen molar-refractivity contribution < 1.29 is 9.84 Å². The van der Waals surface area contributed by atoms with E-state index in [0.717, 1.165) is 18.6 Å². The van der Waals surface area contributed by atoms with Crippen molar-refractivity contribution in [3.8, 4) is 5.75 Å². The maximum absolute atomic E-state index is 9.58. The highest BCUT2D eigenvalue weighted by Crippen LogP contribution is 2.24. The lowest BCUT2D eigenvalue weighted by molar-refractivity contribution is 0.243. The Morgan fingerprint density at radius 3 is 2.40 bits per heavy atom. The number of para-hydroxylation sites is 1. The summed E-state index contributed by atoms with van der Waals surface area (Å²) in [6.07, 6.45) is 1.88. The van der Waals surface area contributed by atoms with Gasteiger partial charge in [-0.15, -0.1) is 0 Å². The summed E-state index contributed by atoms with van der Waals surface area (Å²) < 4.78 is 5.69. The van der Waals surface area contributed by atoms with E-state index in [1.807, 2.05) is 42.5 Å². The number of aliphatic hydroxyl groups is 1. The molecule has 0 bridgehead atoms. The highest BCUT2D eigenvalue weighted by Gasteiger charge is 2.12. The molecule has 2 rings (SSSR count). The summed E-state index contributed by atoms with van der Waals surface area (Å²) in [7, 11) is 0. The first-order valence-electron chi connectivity index (χ1n) is 7.15. The Kier molecular flexibility index (Phi) is 5.63. The minimum atomic E-state index is 0.191. The zero-order chi connectivity index (χ0) is 14.2. The summed E-state index contributed by atoms with van der Waals surface area (Å²) in [5.41, 5.74) is 2.49. The van der Waals surface area contributed by atoms with Crippen LogP contribution < -0.4 is 4.74 Å². The van der Waals surface area contributed by atoms with Gasteiger partial charge in [0.05, 0.1) is 6.61 Å². The molecule has 0 spiro atoms. The molecule has 1 N–H and O–H groups in total. The summed E-state index contributed by atoms with van der Waals surface area (Å²) in [5, 5.41) is 9.58. The first kappa shape index (κ1) is 14.6. The summed E-state index contributed by atoms with van der Waals surface area (Å²) in [4.78, 5) is 0. The van der Waals surface area contributed by atoms with Crippen LogP contribution in [0.5, 0.6) is 5.75 Å². The molecule has 0 saturated heterocycles. The van der Waals surface area contributed by atoms with Crippen LogP contribution in [-0.4, -0.2) is 18.3 Å². The fraction of sp³-hybridized carbons (Fsp3) is 0.333. The fourth-order valence-electron chi connectivity index (χ4n) is 2.43. The van der Waals surface area contributed by atoms with Gasteiger partial charge in [-0.2, -0.15) is 0 Å². The Morgan fingerprint density at radius 1 is 1.00 bits per heavy atom. The van der Waals surface area contributed by atoms with E-state index in [-0.39, 0.29) is 12.5 Å². The van der Waals surface area contributed by atoms with Gasteiger partial charge in [-0.3, -0.25) is 0 Å². The molecule has 2 aromatic carbocycles. The molecule has 1 atom stereocenters. The number of hydrogen-bond acceptors (Lipinski definition) is 2. The minimum Gasteiger partial charge on any atom is -0.494 e. The molecule has 0 fully saturated rings. The molecule has 0 aromatic heterocycles. The Balaban J connectivity index is 1.81. The molecule has 2 heteroatoms. The van der Waals surface area contributed by atoms with E-state index in [1.165, 1.54) is 11.1 Å². The van der Waals surface area contributed by atoms with E-state index in [0.29, 0.717) is 6.61 Å². The first-order valence-corrected chi connectivity index (χ1v) is 7.15. The Labute approximate surface area is 121 Å². The van der Waals surface area contributed by atoms with Gasteiger partial charge < -0.3 is 9.84 Å². The van der Waals surface area contributed by atoms with Gasteiger partial charge in [0.25, 0.3) is 0 Å². The van der Waals surface area contributed by atoms with Gasteiger partial charge in [-0.05, 0) is 43.0 Å². The van der Waals surface area contributed by atoms with Crippen molar-refractivity contribution in [2.45, 2.75) is 25.7 Å². The Morgan fingerprint density at radius 2 is 1.70 bits per heavy atom. The molecule has 0 heterocycles. The monoisotopic (exact) mass is 270 g/mol. The number of rotatable bonds is 7. The molecule has 2 aromatic rings. The van der Waals surface area contributed by atoms with Crippen molar-refractivity contribution in [3.05, 3.63) is 65.7 Å². The van der Waals surface area contributed by atoms with Gasteiger partial charge >= 0.3 is 0 Å². The van der Waals surface area contributed by atoms with Crippen LogP contribution in [0.1, 0.15) is 29.9 Å². The van der Waals surface area contributed by atoms with Crippen molar-refractivity contribution >= 4 is 0 Å². The number of ether oxygens (including phenoxy) is 1. The number of hydrogen-bond donors (Lipinski definition) is 1. The van der Waals surface area contributed by atoms with Crippen LogP contribution in [0.3, 0.4) is 0 Å². The zero-order valence-corrected chi connectivity index (χ0v) is 12.0. The average molecular weight is 270 g/mol. The maximum atomic E-state index is 9.58. The number of benzene rings is 2.